The fraction of sp³-hybridized carbons (Fsp3) is 0.320. The smallest absolute Gasteiger partial charge is 0.387 e. The normalized spacial score (nSPS) is 15.2. The summed E-state index contributed by atoms with van der Waals surface area (Å²) in [6, 6.07) is 5.31. The number of nitrogens with zero attached hydrogens (tertiary/aromatic N) is 5. The van der Waals surface area contributed by atoms with Crippen molar-refractivity contribution in [3.8, 4) is 11.1 Å². The van der Waals surface area contributed by atoms with Crippen LogP contribution >= 0.6 is 0 Å². The number of carbonyl (C=O) groups is 1. The molecule has 3 aromatic heterocycles. The largest absolute Gasteiger partial charge is 0.401 e. The predicted molar refractivity (Wildman–Crippen MR) is 130 cm³/mol. The lowest BCUT2D eigenvalue weighted by atomic mass is 10.0. The first-order valence-corrected chi connectivity index (χ1v) is 11.9. The Kier molecular flexibility index (Phi) is 6.58. The first-order valence-electron chi connectivity index (χ1n) is 11.9. The fourth-order valence-corrected chi connectivity index (χ4v) is 4.16. The van der Waals surface area contributed by atoms with Crippen LogP contribution in [0.1, 0.15) is 42.9 Å². The third kappa shape index (κ3) is 5.32. The zero-order valence-corrected chi connectivity index (χ0v) is 20.8. The predicted octanol–water partition coefficient (Wildman–Crippen LogP) is 4.58. The van der Waals surface area contributed by atoms with E-state index in [0.29, 0.717) is 22.5 Å². The molecule has 4 aromatic rings. The number of aliphatic hydroxyl groups excluding tert-OH is 1. The van der Waals surface area contributed by atoms with Crippen molar-refractivity contribution in [2.75, 3.05) is 10.6 Å². The number of alkyl halides is 3. The molecule has 39 heavy (non-hydrogen) atoms. The summed E-state index contributed by atoms with van der Waals surface area (Å²) in [5, 5.41) is 22.9. The van der Waals surface area contributed by atoms with E-state index in [1.807, 2.05) is 0 Å². The standard InChI is InChI=1S/C25H23F4N7O3/c1-13(37)22-18(12-36(2)34-22)32-23-30-10-16(11-31-23)14-3-4-15(17(26)7-14)8-21(38)33-20-9-19(39-35-20)24(5-6-24)25(27,28)29/h3-4,7,9-13,37H,5-6,8H2,1-2H3,(H,30,31,32)(H,33,35,38). The van der Waals surface area contributed by atoms with Gasteiger partial charge in [-0.2, -0.15) is 18.3 Å². The van der Waals surface area contributed by atoms with Gasteiger partial charge in [0.2, 0.25) is 11.9 Å². The van der Waals surface area contributed by atoms with Crippen LogP contribution in [0.4, 0.5) is 35.0 Å². The van der Waals surface area contributed by atoms with Gasteiger partial charge in [-0.15, -0.1) is 0 Å². The minimum Gasteiger partial charge on any atom is -0.387 e. The molecule has 10 nitrogen and oxygen atoms in total. The zero-order valence-electron chi connectivity index (χ0n) is 20.8. The SMILES string of the molecule is CC(O)c1nn(C)cc1Nc1ncc(-c2ccc(CC(=O)Nc3cc(C4(C(F)(F)F)CC4)on3)c(F)c2)cn1. The van der Waals surface area contributed by atoms with E-state index in [-0.39, 0.29) is 42.4 Å². The average molecular weight is 545 g/mol. The van der Waals surface area contributed by atoms with Gasteiger partial charge in [0.05, 0.1) is 18.2 Å². The lowest BCUT2D eigenvalue weighted by molar-refractivity contribution is -0.165. The van der Waals surface area contributed by atoms with Gasteiger partial charge in [-0.05, 0) is 37.0 Å². The minimum absolute atomic E-state index is 0.0790. The molecule has 1 aromatic carbocycles. The van der Waals surface area contributed by atoms with Crippen LogP contribution < -0.4 is 10.6 Å². The third-order valence-corrected chi connectivity index (χ3v) is 6.43. The molecule has 0 radical (unpaired) electrons. The number of halogens is 4. The van der Waals surface area contributed by atoms with E-state index in [2.05, 4.69) is 30.9 Å². The van der Waals surface area contributed by atoms with Crippen LogP contribution in [0.5, 0.6) is 0 Å². The van der Waals surface area contributed by atoms with Crippen LogP contribution in [0, 0.1) is 5.82 Å². The molecule has 1 amide bonds. The molecule has 0 aliphatic heterocycles. The molecule has 1 fully saturated rings. The molecule has 1 aliphatic rings. The van der Waals surface area contributed by atoms with Crippen molar-refractivity contribution in [1.82, 2.24) is 24.9 Å². The highest BCUT2D eigenvalue weighted by molar-refractivity contribution is 5.91. The molecule has 0 saturated heterocycles. The van der Waals surface area contributed by atoms with E-state index in [4.69, 9.17) is 4.52 Å². The van der Waals surface area contributed by atoms with E-state index in [1.54, 1.807) is 30.9 Å². The molecule has 1 atom stereocenters. The van der Waals surface area contributed by atoms with E-state index in [1.165, 1.54) is 24.5 Å². The van der Waals surface area contributed by atoms with Crippen molar-refractivity contribution in [1.29, 1.82) is 0 Å². The quantitative estimate of drug-likeness (QED) is 0.275. The summed E-state index contributed by atoms with van der Waals surface area (Å²) in [6.07, 6.45) is -1.18. The number of benzene rings is 1. The number of aliphatic hydroxyl groups is 1. The molecule has 1 unspecified atom stereocenters. The van der Waals surface area contributed by atoms with Crippen molar-refractivity contribution in [2.45, 2.75) is 43.9 Å². The van der Waals surface area contributed by atoms with Crippen molar-refractivity contribution < 1.29 is 32.0 Å². The average Bonchev–Trinajstić information content (AvgIpc) is 3.44. The molecule has 1 aliphatic carbocycles. The van der Waals surface area contributed by atoms with Gasteiger partial charge in [0.15, 0.2) is 11.6 Å². The Morgan fingerprint density at radius 1 is 1.21 bits per heavy atom. The summed E-state index contributed by atoms with van der Waals surface area (Å²) in [5.41, 5.74) is -0.00577. The summed E-state index contributed by atoms with van der Waals surface area (Å²) in [5.74, 6) is -1.59. The number of nitrogens with one attached hydrogen (secondary N) is 2. The maximum Gasteiger partial charge on any atom is 0.401 e. The second-order valence-corrected chi connectivity index (χ2v) is 9.39. The molecule has 0 bridgehead atoms. The number of amides is 1. The topological polar surface area (TPSA) is 131 Å². The van der Waals surface area contributed by atoms with E-state index >= 15 is 0 Å². The number of carbonyl (C=O) groups excluding carboxylic acids is 1. The van der Waals surface area contributed by atoms with Crippen LogP contribution in [0.25, 0.3) is 11.1 Å². The number of anilines is 3. The number of rotatable bonds is 8. The monoisotopic (exact) mass is 545 g/mol. The van der Waals surface area contributed by atoms with Crippen molar-refractivity contribution >= 4 is 23.4 Å². The van der Waals surface area contributed by atoms with Gasteiger partial charge in [0.25, 0.3) is 0 Å². The Balaban J connectivity index is 1.22. The number of aryl methyl sites for hydroxylation is 1. The molecule has 0 spiro atoms. The van der Waals surface area contributed by atoms with Crippen LogP contribution in [-0.2, 0) is 23.7 Å². The Bertz CT molecular complexity index is 1510. The van der Waals surface area contributed by atoms with Crippen LogP contribution in [0.15, 0.2) is 47.4 Å². The Hall–Kier alpha value is -4.33. The molecule has 204 valence electrons. The lowest BCUT2D eigenvalue weighted by Crippen LogP contribution is -2.28. The number of hydrogen-bond acceptors (Lipinski definition) is 8. The second kappa shape index (κ2) is 9.76. The van der Waals surface area contributed by atoms with Gasteiger partial charge in [-0.1, -0.05) is 17.3 Å². The number of aromatic nitrogens is 5. The van der Waals surface area contributed by atoms with E-state index < -0.39 is 29.4 Å². The van der Waals surface area contributed by atoms with Gasteiger partial charge in [-0.25, -0.2) is 14.4 Å². The highest BCUT2D eigenvalue weighted by Gasteiger charge is 2.66. The minimum atomic E-state index is -4.47. The highest BCUT2D eigenvalue weighted by atomic mass is 19.4. The highest BCUT2D eigenvalue weighted by Crippen LogP contribution is 2.59. The van der Waals surface area contributed by atoms with E-state index in [0.717, 1.165) is 6.07 Å². The molecule has 5 rings (SSSR count). The first kappa shape index (κ1) is 26.3. The summed E-state index contributed by atoms with van der Waals surface area (Å²) < 4.78 is 60.9. The molecule has 3 N–H and O–H groups in total. The summed E-state index contributed by atoms with van der Waals surface area (Å²) >= 11 is 0. The molecular weight excluding hydrogens is 522 g/mol. The van der Waals surface area contributed by atoms with Crippen LogP contribution in [0.2, 0.25) is 0 Å². The van der Waals surface area contributed by atoms with Crippen molar-refractivity contribution in [3.63, 3.8) is 0 Å². The molecule has 1 saturated carbocycles. The summed E-state index contributed by atoms with van der Waals surface area (Å²) in [6.45, 7) is 1.59. The Morgan fingerprint density at radius 3 is 2.54 bits per heavy atom. The van der Waals surface area contributed by atoms with Gasteiger partial charge >= 0.3 is 6.18 Å². The second-order valence-electron chi connectivity index (χ2n) is 9.39. The molecule has 14 heteroatoms. The van der Waals surface area contributed by atoms with Gasteiger partial charge in [0.1, 0.15) is 16.9 Å². The fourth-order valence-electron chi connectivity index (χ4n) is 4.16. The van der Waals surface area contributed by atoms with Gasteiger partial charge in [0, 0.05) is 37.3 Å². The maximum atomic E-state index is 14.8. The Morgan fingerprint density at radius 2 is 1.92 bits per heavy atom. The molecule has 3 heterocycles. The first-order chi connectivity index (χ1) is 18.4. The third-order valence-electron chi connectivity index (χ3n) is 6.43. The molecular formula is C25H23F4N7O3. The van der Waals surface area contributed by atoms with Crippen molar-refractivity contribution in [2.24, 2.45) is 7.05 Å². The van der Waals surface area contributed by atoms with Crippen LogP contribution in [-0.4, -0.2) is 42.1 Å². The van der Waals surface area contributed by atoms with Crippen LogP contribution in [0.3, 0.4) is 0 Å². The number of hydrogen-bond donors (Lipinski definition) is 3. The van der Waals surface area contributed by atoms with E-state index in [9.17, 15) is 27.5 Å². The Labute approximate surface area is 219 Å². The maximum absolute atomic E-state index is 14.8. The summed E-state index contributed by atoms with van der Waals surface area (Å²) in [4.78, 5) is 20.9. The van der Waals surface area contributed by atoms with Gasteiger partial charge in [-0.3, -0.25) is 9.48 Å². The van der Waals surface area contributed by atoms with Gasteiger partial charge < -0.3 is 20.3 Å². The summed E-state index contributed by atoms with van der Waals surface area (Å²) in [7, 11) is 1.72. The van der Waals surface area contributed by atoms with Crippen molar-refractivity contribution in [3.05, 3.63) is 65.7 Å². The zero-order chi connectivity index (χ0) is 27.9. The lowest BCUT2D eigenvalue weighted by Gasteiger charge is -2.14.